The summed E-state index contributed by atoms with van der Waals surface area (Å²) < 4.78 is 13.9. The van der Waals surface area contributed by atoms with E-state index in [4.69, 9.17) is 0 Å². The fourth-order valence-corrected chi connectivity index (χ4v) is 3.41. The lowest BCUT2D eigenvalue weighted by molar-refractivity contribution is -0.0146. The van der Waals surface area contributed by atoms with Crippen LogP contribution in [0.2, 0.25) is 0 Å². The molecule has 0 radical (unpaired) electrons. The largest absolute Gasteiger partial charge is 0.390 e. The predicted molar refractivity (Wildman–Crippen MR) is 96.8 cm³/mol. The number of likely N-dealkylation sites (tertiary alicyclic amines) is 1. The molecule has 25 heavy (non-hydrogen) atoms. The minimum atomic E-state index is -0.784. The van der Waals surface area contributed by atoms with Gasteiger partial charge in [0.05, 0.1) is 5.60 Å². The number of benzene rings is 2. The summed E-state index contributed by atoms with van der Waals surface area (Å²) in [6, 6.07) is 13.7. The molecule has 0 bridgehead atoms. The lowest BCUT2D eigenvalue weighted by Gasteiger charge is -2.38. The second-order valence-electron chi connectivity index (χ2n) is 7.30. The molecule has 1 amide bonds. The van der Waals surface area contributed by atoms with E-state index in [2.05, 4.69) is 0 Å². The van der Waals surface area contributed by atoms with Crippen LogP contribution in [0.25, 0.3) is 11.1 Å². The Morgan fingerprint density at radius 1 is 1.16 bits per heavy atom. The zero-order valence-electron chi connectivity index (χ0n) is 14.7. The van der Waals surface area contributed by atoms with Gasteiger partial charge in [-0.2, -0.15) is 0 Å². The SMILES string of the molecule is CC(C)(O)[C@@H]1CCCN(C(=O)c2ccc(-c3ccccc3F)cc2)C1. The van der Waals surface area contributed by atoms with Crippen molar-refractivity contribution in [1.29, 1.82) is 0 Å². The minimum absolute atomic E-state index is 0.0333. The second kappa shape index (κ2) is 6.96. The van der Waals surface area contributed by atoms with Crippen LogP contribution in [0.4, 0.5) is 4.39 Å². The maximum atomic E-state index is 13.9. The summed E-state index contributed by atoms with van der Waals surface area (Å²) in [7, 11) is 0. The molecule has 1 fully saturated rings. The quantitative estimate of drug-likeness (QED) is 0.912. The molecule has 1 aliphatic rings. The number of hydrogen-bond acceptors (Lipinski definition) is 2. The number of piperidine rings is 1. The minimum Gasteiger partial charge on any atom is -0.390 e. The first-order valence-electron chi connectivity index (χ1n) is 8.73. The van der Waals surface area contributed by atoms with Crippen LogP contribution in [0.5, 0.6) is 0 Å². The molecule has 3 rings (SSSR count). The predicted octanol–water partition coefficient (Wildman–Crippen LogP) is 4.12. The third-order valence-electron chi connectivity index (χ3n) is 5.02. The highest BCUT2D eigenvalue weighted by molar-refractivity contribution is 5.94. The summed E-state index contributed by atoms with van der Waals surface area (Å²) in [4.78, 5) is 14.6. The van der Waals surface area contributed by atoms with E-state index in [0.29, 0.717) is 24.2 Å². The average Bonchev–Trinajstić information content (AvgIpc) is 2.61. The van der Waals surface area contributed by atoms with E-state index in [1.807, 2.05) is 4.90 Å². The molecule has 1 aliphatic heterocycles. The topological polar surface area (TPSA) is 40.5 Å². The molecule has 132 valence electrons. The molecular formula is C21H24FNO2. The maximum Gasteiger partial charge on any atom is 0.253 e. The smallest absolute Gasteiger partial charge is 0.253 e. The number of carbonyl (C=O) groups is 1. The van der Waals surface area contributed by atoms with Gasteiger partial charge in [-0.15, -0.1) is 0 Å². The molecule has 0 spiro atoms. The van der Waals surface area contributed by atoms with E-state index < -0.39 is 5.60 Å². The highest BCUT2D eigenvalue weighted by atomic mass is 19.1. The first-order valence-corrected chi connectivity index (χ1v) is 8.73. The summed E-state index contributed by atoms with van der Waals surface area (Å²) in [5, 5.41) is 10.2. The van der Waals surface area contributed by atoms with Crippen LogP contribution in [-0.2, 0) is 0 Å². The zero-order chi connectivity index (χ0) is 18.0. The zero-order valence-corrected chi connectivity index (χ0v) is 14.7. The van der Waals surface area contributed by atoms with E-state index in [1.165, 1.54) is 6.07 Å². The van der Waals surface area contributed by atoms with Crippen LogP contribution in [0, 0.1) is 11.7 Å². The summed E-state index contributed by atoms with van der Waals surface area (Å²) in [5.41, 5.74) is 1.09. The van der Waals surface area contributed by atoms with Gasteiger partial charge in [0.15, 0.2) is 0 Å². The highest BCUT2D eigenvalue weighted by Gasteiger charge is 2.33. The second-order valence-corrected chi connectivity index (χ2v) is 7.30. The van der Waals surface area contributed by atoms with E-state index in [0.717, 1.165) is 18.4 Å². The number of nitrogens with zero attached hydrogens (tertiary/aromatic N) is 1. The fraction of sp³-hybridized carbons (Fsp3) is 0.381. The molecule has 0 aromatic heterocycles. The Labute approximate surface area is 148 Å². The van der Waals surface area contributed by atoms with Gasteiger partial charge in [0.2, 0.25) is 0 Å². The van der Waals surface area contributed by atoms with Gasteiger partial charge in [-0.3, -0.25) is 4.79 Å². The van der Waals surface area contributed by atoms with Crippen molar-refractivity contribution in [2.45, 2.75) is 32.3 Å². The van der Waals surface area contributed by atoms with Gasteiger partial charge in [-0.1, -0.05) is 30.3 Å². The monoisotopic (exact) mass is 341 g/mol. The molecule has 1 heterocycles. The van der Waals surface area contributed by atoms with E-state index in [9.17, 15) is 14.3 Å². The molecule has 0 unspecified atom stereocenters. The molecule has 2 aromatic rings. The Balaban J connectivity index is 1.76. The molecule has 1 saturated heterocycles. The van der Waals surface area contributed by atoms with Crippen LogP contribution in [0.1, 0.15) is 37.0 Å². The van der Waals surface area contributed by atoms with Gasteiger partial charge in [-0.05, 0) is 50.5 Å². The first-order chi connectivity index (χ1) is 11.9. The third kappa shape index (κ3) is 3.90. The molecule has 0 saturated carbocycles. The van der Waals surface area contributed by atoms with Gasteiger partial charge in [0, 0.05) is 30.1 Å². The van der Waals surface area contributed by atoms with Crippen LogP contribution < -0.4 is 0 Å². The van der Waals surface area contributed by atoms with Gasteiger partial charge in [0.1, 0.15) is 5.82 Å². The summed E-state index contributed by atoms with van der Waals surface area (Å²) in [6.45, 7) is 4.88. The Kier molecular flexibility index (Phi) is 4.91. The molecule has 1 N–H and O–H groups in total. The number of aliphatic hydroxyl groups is 1. The highest BCUT2D eigenvalue weighted by Crippen LogP contribution is 2.28. The average molecular weight is 341 g/mol. The van der Waals surface area contributed by atoms with Crippen LogP contribution in [0.15, 0.2) is 48.5 Å². The van der Waals surface area contributed by atoms with Gasteiger partial charge in [0.25, 0.3) is 5.91 Å². The van der Waals surface area contributed by atoms with Crippen LogP contribution in [0.3, 0.4) is 0 Å². The van der Waals surface area contributed by atoms with Crippen molar-refractivity contribution >= 4 is 5.91 Å². The Bertz CT molecular complexity index is 749. The number of amides is 1. The Hall–Kier alpha value is -2.20. The molecule has 1 atom stereocenters. The lowest BCUT2D eigenvalue weighted by atomic mass is 9.84. The van der Waals surface area contributed by atoms with Crippen molar-refractivity contribution in [2.75, 3.05) is 13.1 Å². The van der Waals surface area contributed by atoms with E-state index in [1.54, 1.807) is 56.3 Å². The first kappa shape index (κ1) is 17.6. The molecule has 2 aromatic carbocycles. The van der Waals surface area contributed by atoms with Gasteiger partial charge < -0.3 is 10.0 Å². The summed E-state index contributed by atoms with van der Waals surface area (Å²) in [5.74, 6) is -0.220. The van der Waals surface area contributed by atoms with Crippen molar-refractivity contribution in [1.82, 2.24) is 4.90 Å². The number of rotatable bonds is 3. The lowest BCUT2D eigenvalue weighted by Crippen LogP contribution is -2.46. The van der Waals surface area contributed by atoms with Crippen LogP contribution >= 0.6 is 0 Å². The summed E-state index contributed by atoms with van der Waals surface area (Å²) >= 11 is 0. The maximum absolute atomic E-state index is 13.9. The summed E-state index contributed by atoms with van der Waals surface area (Å²) in [6.07, 6.45) is 1.83. The molecular weight excluding hydrogens is 317 g/mol. The van der Waals surface area contributed by atoms with E-state index in [-0.39, 0.29) is 17.6 Å². The van der Waals surface area contributed by atoms with Crippen molar-refractivity contribution in [3.63, 3.8) is 0 Å². The van der Waals surface area contributed by atoms with Crippen LogP contribution in [-0.4, -0.2) is 34.6 Å². The number of hydrogen-bond donors (Lipinski definition) is 1. The van der Waals surface area contributed by atoms with Crippen molar-refractivity contribution < 1.29 is 14.3 Å². The normalized spacial score (nSPS) is 18.2. The van der Waals surface area contributed by atoms with Gasteiger partial charge >= 0.3 is 0 Å². The molecule has 4 heteroatoms. The van der Waals surface area contributed by atoms with Crippen molar-refractivity contribution in [3.8, 4) is 11.1 Å². The fourth-order valence-electron chi connectivity index (χ4n) is 3.41. The molecule has 3 nitrogen and oxygen atoms in total. The standard InChI is InChI=1S/C21H24FNO2/c1-21(2,25)17-6-5-13-23(14-17)20(24)16-11-9-15(10-12-16)18-7-3-4-8-19(18)22/h3-4,7-12,17,25H,5-6,13-14H2,1-2H3/t17-/m1/s1. The van der Waals surface area contributed by atoms with E-state index >= 15 is 0 Å². The Morgan fingerprint density at radius 2 is 1.84 bits per heavy atom. The third-order valence-corrected chi connectivity index (χ3v) is 5.02. The Morgan fingerprint density at radius 3 is 2.48 bits per heavy atom. The number of halogens is 1. The van der Waals surface area contributed by atoms with Crippen molar-refractivity contribution in [3.05, 3.63) is 59.9 Å². The van der Waals surface area contributed by atoms with Gasteiger partial charge in [-0.25, -0.2) is 4.39 Å². The number of carbonyl (C=O) groups excluding carboxylic acids is 1. The molecule has 0 aliphatic carbocycles. The van der Waals surface area contributed by atoms with Crippen molar-refractivity contribution in [2.24, 2.45) is 5.92 Å².